The first-order valence-electron chi connectivity index (χ1n) is 7.75. The largest absolute Gasteiger partial charge is 0.463 e. The van der Waals surface area contributed by atoms with Crippen molar-refractivity contribution in [2.75, 3.05) is 31.7 Å². The molecule has 25 heavy (non-hydrogen) atoms. The molecule has 2 rings (SSSR count). The molecule has 0 atom stereocenters. The molecule has 0 aliphatic heterocycles. The second-order valence-electron chi connectivity index (χ2n) is 5.11. The molecule has 0 unspecified atom stereocenters. The Morgan fingerprint density at radius 1 is 1.00 bits per heavy atom. The number of aliphatic hydroxyl groups is 1. The molecule has 2 aromatic rings. The third-order valence-corrected chi connectivity index (χ3v) is 3.93. The summed E-state index contributed by atoms with van der Waals surface area (Å²) in [4.78, 5) is 12.0. The van der Waals surface area contributed by atoms with Crippen LogP contribution in [0.25, 0.3) is 0 Å². The van der Waals surface area contributed by atoms with Crippen molar-refractivity contribution in [1.82, 2.24) is 0 Å². The highest BCUT2D eigenvalue weighted by molar-refractivity contribution is 6.39. The standard InChI is InChI=1S/C18H19Cl2NO4/c19-14-5-3-6-15(20)18(14)21-16-7-2-1-4-13(16)12-17(23)25-11-10-24-9-8-22/h1-7,21-22H,8-12H2. The van der Waals surface area contributed by atoms with E-state index in [4.69, 9.17) is 37.8 Å². The average Bonchev–Trinajstić information content (AvgIpc) is 2.59. The molecule has 2 N–H and O–H groups in total. The fourth-order valence-corrected chi connectivity index (χ4v) is 2.63. The smallest absolute Gasteiger partial charge is 0.310 e. The third-order valence-electron chi connectivity index (χ3n) is 3.30. The van der Waals surface area contributed by atoms with Crippen molar-refractivity contribution < 1.29 is 19.4 Å². The first-order valence-corrected chi connectivity index (χ1v) is 8.50. The first-order chi connectivity index (χ1) is 12.1. The number of rotatable bonds is 9. The maximum Gasteiger partial charge on any atom is 0.310 e. The van der Waals surface area contributed by atoms with Gasteiger partial charge in [-0.25, -0.2) is 0 Å². The van der Waals surface area contributed by atoms with Crippen LogP contribution in [0.2, 0.25) is 10.0 Å². The minimum Gasteiger partial charge on any atom is -0.463 e. The summed E-state index contributed by atoms with van der Waals surface area (Å²) < 4.78 is 10.2. The molecule has 0 spiro atoms. The van der Waals surface area contributed by atoms with Crippen LogP contribution in [0.1, 0.15) is 5.56 Å². The third kappa shape index (κ3) is 6.21. The van der Waals surface area contributed by atoms with Gasteiger partial charge in [-0.1, -0.05) is 47.5 Å². The van der Waals surface area contributed by atoms with Crippen LogP contribution in [-0.4, -0.2) is 37.5 Å². The highest BCUT2D eigenvalue weighted by Gasteiger charge is 2.12. The lowest BCUT2D eigenvalue weighted by Crippen LogP contribution is -2.14. The quantitative estimate of drug-likeness (QED) is 0.508. The molecular weight excluding hydrogens is 365 g/mol. The number of ether oxygens (including phenoxy) is 2. The summed E-state index contributed by atoms with van der Waals surface area (Å²) in [5.41, 5.74) is 2.08. The molecule has 0 amide bonds. The van der Waals surface area contributed by atoms with Gasteiger partial charge in [0.05, 0.1) is 42.0 Å². The van der Waals surface area contributed by atoms with Crippen LogP contribution in [0.15, 0.2) is 42.5 Å². The van der Waals surface area contributed by atoms with Crippen molar-refractivity contribution in [3.05, 3.63) is 58.1 Å². The average molecular weight is 384 g/mol. The Bertz CT molecular complexity index is 689. The zero-order valence-corrected chi connectivity index (χ0v) is 15.0. The van der Waals surface area contributed by atoms with Gasteiger partial charge in [-0.05, 0) is 23.8 Å². The van der Waals surface area contributed by atoms with E-state index in [1.807, 2.05) is 24.3 Å². The Morgan fingerprint density at radius 2 is 1.72 bits per heavy atom. The Kier molecular flexibility index (Phi) is 8.01. The minimum absolute atomic E-state index is 0.0579. The van der Waals surface area contributed by atoms with Gasteiger partial charge < -0.3 is 19.9 Å². The summed E-state index contributed by atoms with van der Waals surface area (Å²) >= 11 is 12.4. The number of carbonyl (C=O) groups excluding carboxylic acids is 1. The van der Waals surface area contributed by atoms with E-state index in [0.29, 0.717) is 15.7 Å². The highest BCUT2D eigenvalue weighted by Crippen LogP contribution is 2.33. The minimum atomic E-state index is -0.368. The van der Waals surface area contributed by atoms with E-state index in [2.05, 4.69) is 5.32 Å². The predicted molar refractivity (Wildman–Crippen MR) is 98.8 cm³/mol. The summed E-state index contributed by atoms with van der Waals surface area (Å²) in [5, 5.41) is 12.8. The van der Waals surface area contributed by atoms with Gasteiger partial charge >= 0.3 is 5.97 Å². The van der Waals surface area contributed by atoms with Gasteiger partial charge in [0.2, 0.25) is 0 Å². The second-order valence-corrected chi connectivity index (χ2v) is 5.93. The zero-order valence-electron chi connectivity index (χ0n) is 13.5. The van der Waals surface area contributed by atoms with E-state index in [9.17, 15) is 4.79 Å². The number of para-hydroxylation sites is 2. The van der Waals surface area contributed by atoms with E-state index in [-0.39, 0.29) is 38.8 Å². The Balaban J connectivity index is 1.99. The number of nitrogens with one attached hydrogen (secondary N) is 1. The topological polar surface area (TPSA) is 67.8 Å². The Hall–Kier alpha value is -1.79. The van der Waals surface area contributed by atoms with Crippen LogP contribution in [0.4, 0.5) is 11.4 Å². The maximum absolute atomic E-state index is 12.0. The van der Waals surface area contributed by atoms with Crippen LogP contribution in [0.5, 0.6) is 0 Å². The fourth-order valence-electron chi connectivity index (χ4n) is 2.14. The monoisotopic (exact) mass is 383 g/mol. The lowest BCUT2D eigenvalue weighted by atomic mass is 10.1. The van der Waals surface area contributed by atoms with E-state index >= 15 is 0 Å². The number of carbonyl (C=O) groups is 1. The molecule has 0 heterocycles. The van der Waals surface area contributed by atoms with Gasteiger partial charge in [0, 0.05) is 5.69 Å². The van der Waals surface area contributed by atoms with Crippen molar-refractivity contribution in [2.45, 2.75) is 6.42 Å². The van der Waals surface area contributed by atoms with Crippen LogP contribution in [0, 0.1) is 0 Å². The highest BCUT2D eigenvalue weighted by atomic mass is 35.5. The summed E-state index contributed by atoms with van der Waals surface area (Å²) in [6.45, 7) is 0.562. The molecule has 7 heteroatoms. The zero-order chi connectivity index (χ0) is 18.1. The van der Waals surface area contributed by atoms with Crippen LogP contribution < -0.4 is 5.32 Å². The van der Waals surface area contributed by atoms with Crippen molar-refractivity contribution in [1.29, 1.82) is 0 Å². The molecule has 0 aliphatic rings. The van der Waals surface area contributed by atoms with E-state index < -0.39 is 0 Å². The Labute approximate surface area is 156 Å². The molecule has 2 aromatic carbocycles. The van der Waals surface area contributed by atoms with Crippen molar-refractivity contribution in [3.8, 4) is 0 Å². The lowest BCUT2D eigenvalue weighted by Gasteiger charge is -2.14. The predicted octanol–water partition coefficient (Wildman–Crippen LogP) is 3.83. The van der Waals surface area contributed by atoms with Crippen molar-refractivity contribution in [2.24, 2.45) is 0 Å². The molecule has 0 fully saturated rings. The van der Waals surface area contributed by atoms with Crippen LogP contribution in [0.3, 0.4) is 0 Å². The number of aliphatic hydroxyl groups excluding tert-OH is 1. The van der Waals surface area contributed by atoms with Gasteiger partial charge in [0.1, 0.15) is 6.61 Å². The Morgan fingerprint density at radius 3 is 2.44 bits per heavy atom. The number of hydrogen-bond acceptors (Lipinski definition) is 5. The SMILES string of the molecule is O=C(Cc1ccccc1Nc1c(Cl)cccc1Cl)OCCOCCO. The number of esters is 1. The van der Waals surface area contributed by atoms with Crippen LogP contribution in [-0.2, 0) is 20.7 Å². The van der Waals surface area contributed by atoms with Gasteiger partial charge in [-0.15, -0.1) is 0 Å². The number of anilines is 2. The van der Waals surface area contributed by atoms with Crippen molar-refractivity contribution in [3.63, 3.8) is 0 Å². The normalized spacial score (nSPS) is 10.5. The summed E-state index contributed by atoms with van der Waals surface area (Å²) in [7, 11) is 0. The number of halogens is 2. The first kappa shape index (κ1) is 19.5. The summed E-state index contributed by atoms with van der Waals surface area (Å²) in [6, 6.07) is 12.6. The fraction of sp³-hybridized carbons (Fsp3) is 0.278. The van der Waals surface area contributed by atoms with Gasteiger partial charge in [0.25, 0.3) is 0 Å². The molecule has 0 aliphatic carbocycles. The van der Waals surface area contributed by atoms with Crippen LogP contribution >= 0.6 is 23.2 Å². The second kappa shape index (κ2) is 10.3. The molecule has 0 bridgehead atoms. The molecule has 134 valence electrons. The number of hydrogen-bond donors (Lipinski definition) is 2. The van der Waals surface area contributed by atoms with Gasteiger partial charge in [-0.2, -0.15) is 0 Å². The van der Waals surface area contributed by atoms with Crippen molar-refractivity contribution >= 4 is 40.5 Å². The molecule has 5 nitrogen and oxygen atoms in total. The van der Waals surface area contributed by atoms with E-state index in [1.54, 1.807) is 18.2 Å². The maximum atomic E-state index is 12.0. The summed E-state index contributed by atoms with van der Waals surface area (Å²) in [6.07, 6.45) is 0.102. The van der Waals surface area contributed by atoms with E-state index in [0.717, 1.165) is 11.3 Å². The lowest BCUT2D eigenvalue weighted by molar-refractivity contribution is -0.144. The molecule has 0 saturated carbocycles. The molecular formula is C18H19Cl2NO4. The van der Waals surface area contributed by atoms with E-state index in [1.165, 1.54) is 0 Å². The number of benzene rings is 2. The molecule has 0 aromatic heterocycles. The van der Waals surface area contributed by atoms with Gasteiger partial charge in [-0.3, -0.25) is 4.79 Å². The molecule has 0 saturated heterocycles. The van der Waals surface area contributed by atoms with Gasteiger partial charge in [0.15, 0.2) is 0 Å². The molecule has 0 radical (unpaired) electrons. The summed E-state index contributed by atoms with van der Waals surface area (Å²) in [5.74, 6) is -0.368.